The number of likely N-dealkylation sites (tertiary alicyclic amines) is 1. The van der Waals surface area contributed by atoms with E-state index in [1.54, 1.807) is 4.90 Å². The lowest BCUT2D eigenvalue weighted by Crippen LogP contribution is -2.54. The molecule has 0 aromatic heterocycles. The Morgan fingerprint density at radius 2 is 1.93 bits per heavy atom. The number of hydrogen-bond donors (Lipinski definition) is 2. The lowest BCUT2D eigenvalue weighted by Gasteiger charge is -2.34. The van der Waals surface area contributed by atoms with E-state index in [-0.39, 0.29) is 29.5 Å². The molecule has 1 aromatic rings. The van der Waals surface area contributed by atoms with Crippen LogP contribution in [0.1, 0.15) is 55.3 Å². The van der Waals surface area contributed by atoms with Crippen molar-refractivity contribution in [1.82, 2.24) is 15.5 Å². The van der Waals surface area contributed by atoms with Crippen molar-refractivity contribution in [3.63, 3.8) is 0 Å². The number of amides is 2. The van der Waals surface area contributed by atoms with E-state index in [2.05, 4.69) is 10.6 Å². The number of halogens is 2. The average molecular weight is 391 g/mol. The maximum absolute atomic E-state index is 14.3. The average Bonchev–Trinajstić information content (AvgIpc) is 3.08. The van der Waals surface area contributed by atoms with E-state index in [1.165, 1.54) is 6.07 Å². The predicted octanol–water partition coefficient (Wildman–Crippen LogP) is 2.61. The summed E-state index contributed by atoms with van der Waals surface area (Å²) in [6.45, 7) is 1.68. The van der Waals surface area contributed by atoms with E-state index < -0.39 is 23.6 Å². The Morgan fingerprint density at radius 3 is 2.68 bits per heavy atom. The van der Waals surface area contributed by atoms with Gasteiger partial charge < -0.3 is 15.5 Å². The SMILES string of the molecule is O=C(NC1CCCNC1)C1CC2CCCCC2N1C(=O)c1ccc(F)cc1F. The summed E-state index contributed by atoms with van der Waals surface area (Å²) in [5.74, 6) is -1.99. The second-order valence-corrected chi connectivity index (χ2v) is 8.25. The summed E-state index contributed by atoms with van der Waals surface area (Å²) < 4.78 is 27.6. The Hall–Kier alpha value is -2.02. The molecule has 2 saturated heterocycles. The summed E-state index contributed by atoms with van der Waals surface area (Å²) in [5, 5.41) is 6.35. The molecule has 4 unspecified atom stereocenters. The number of nitrogens with zero attached hydrogens (tertiary/aromatic N) is 1. The molecule has 7 heteroatoms. The molecule has 1 aliphatic carbocycles. The third kappa shape index (κ3) is 3.77. The maximum Gasteiger partial charge on any atom is 0.257 e. The van der Waals surface area contributed by atoms with Gasteiger partial charge in [-0.25, -0.2) is 8.78 Å². The maximum atomic E-state index is 14.3. The largest absolute Gasteiger partial charge is 0.350 e. The Bertz CT molecular complexity index is 751. The summed E-state index contributed by atoms with van der Waals surface area (Å²) in [6.07, 6.45) is 6.43. The molecular formula is C21H27F2N3O2. The molecule has 1 aromatic carbocycles. The molecule has 2 N–H and O–H groups in total. The third-order valence-corrected chi connectivity index (χ3v) is 6.43. The van der Waals surface area contributed by atoms with Gasteiger partial charge in [0, 0.05) is 24.7 Å². The van der Waals surface area contributed by atoms with Crippen LogP contribution in [0.5, 0.6) is 0 Å². The predicted molar refractivity (Wildman–Crippen MR) is 101 cm³/mol. The van der Waals surface area contributed by atoms with Gasteiger partial charge in [0.2, 0.25) is 5.91 Å². The van der Waals surface area contributed by atoms with Crippen molar-refractivity contribution in [2.24, 2.45) is 5.92 Å². The Balaban J connectivity index is 1.58. The van der Waals surface area contributed by atoms with Crippen molar-refractivity contribution >= 4 is 11.8 Å². The van der Waals surface area contributed by atoms with E-state index in [0.29, 0.717) is 6.42 Å². The lowest BCUT2D eigenvalue weighted by atomic mass is 9.84. The molecule has 3 fully saturated rings. The molecule has 0 bridgehead atoms. The van der Waals surface area contributed by atoms with Gasteiger partial charge in [-0.3, -0.25) is 9.59 Å². The minimum Gasteiger partial charge on any atom is -0.350 e. The van der Waals surface area contributed by atoms with Gasteiger partial charge in [0.05, 0.1) is 5.56 Å². The van der Waals surface area contributed by atoms with Crippen molar-refractivity contribution in [3.8, 4) is 0 Å². The topological polar surface area (TPSA) is 61.4 Å². The van der Waals surface area contributed by atoms with E-state index >= 15 is 0 Å². The van der Waals surface area contributed by atoms with Gasteiger partial charge in [-0.1, -0.05) is 12.8 Å². The number of benzene rings is 1. The summed E-state index contributed by atoms with van der Waals surface area (Å²) in [4.78, 5) is 27.9. The molecule has 5 nitrogen and oxygen atoms in total. The summed E-state index contributed by atoms with van der Waals surface area (Å²) >= 11 is 0. The zero-order valence-corrected chi connectivity index (χ0v) is 15.9. The van der Waals surface area contributed by atoms with E-state index in [1.807, 2.05) is 0 Å². The van der Waals surface area contributed by atoms with E-state index in [4.69, 9.17) is 0 Å². The van der Waals surface area contributed by atoms with E-state index in [9.17, 15) is 18.4 Å². The van der Waals surface area contributed by atoms with Crippen molar-refractivity contribution in [3.05, 3.63) is 35.4 Å². The van der Waals surface area contributed by atoms with Gasteiger partial charge in [-0.2, -0.15) is 0 Å². The smallest absolute Gasteiger partial charge is 0.257 e. The van der Waals surface area contributed by atoms with Crippen LogP contribution >= 0.6 is 0 Å². The quantitative estimate of drug-likeness (QED) is 0.833. The highest BCUT2D eigenvalue weighted by Crippen LogP contribution is 2.40. The fourth-order valence-corrected chi connectivity index (χ4v) is 5.06. The van der Waals surface area contributed by atoms with Crippen molar-refractivity contribution in [2.75, 3.05) is 13.1 Å². The van der Waals surface area contributed by atoms with Crippen LogP contribution in [0.4, 0.5) is 8.78 Å². The highest BCUT2D eigenvalue weighted by atomic mass is 19.1. The number of nitrogens with one attached hydrogen (secondary N) is 2. The van der Waals surface area contributed by atoms with Crippen LogP contribution in [-0.2, 0) is 4.79 Å². The second kappa shape index (κ2) is 8.15. The van der Waals surface area contributed by atoms with Crippen LogP contribution in [0.2, 0.25) is 0 Å². The van der Waals surface area contributed by atoms with Gasteiger partial charge in [0.15, 0.2) is 0 Å². The molecule has 152 valence electrons. The van der Waals surface area contributed by atoms with Gasteiger partial charge in [-0.15, -0.1) is 0 Å². The molecule has 1 saturated carbocycles. The third-order valence-electron chi connectivity index (χ3n) is 6.43. The number of rotatable bonds is 3. The summed E-state index contributed by atoms with van der Waals surface area (Å²) in [6, 6.07) is 2.42. The van der Waals surface area contributed by atoms with Crippen LogP contribution < -0.4 is 10.6 Å². The first-order chi connectivity index (χ1) is 13.5. The van der Waals surface area contributed by atoms with Crippen LogP contribution in [0, 0.1) is 17.6 Å². The molecule has 4 atom stereocenters. The highest BCUT2D eigenvalue weighted by Gasteiger charge is 2.48. The normalized spacial score (nSPS) is 30.0. The number of hydrogen-bond acceptors (Lipinski definition) is 3. The van der Waals surface area contributed by atoms with Gasteiger partial charge in [0.25, 0.3) is 5.91 Å². The number of fused-ring (bicyclic) bond motifs is 1. The number of piperidine rings is 1. The van der Waals surface area contributed by atoms with Crippen molar-refractivity contribution in [1.29, 1.82) is 0 Å². The molecule has 2 amide bonds. The number of carbonyl (C=O) groups is 2. The molecule has 4 rings (SSSR count). The van der Waals surface area contributed by atoms with Crippen LogP contribution in [0.15, 0.2) is 18.2 Å². The first kappa shape index (κ1) is 19.3. The van der Waals surface area contributed by atoms with E-state index in [0.717, 1.165) is 63.7 Å². The highest BCUT2D eigenvalue weighted by molar-refractivity contribution is 5.98. The lowest BCUT2D eigenvalue weighted by molar-refractivity contribution is -0.126. The molecule has 28 heavy (non-hydrogen) atoms. The fourth-order valence-electron chi connectivity index (χ4n) is 5.06. The second-order valence-electron chi connectivity index (χ2n) is 8.25. The zero-order chi connectivity index (χ0) is 19.7. The van der Waals surface area contributed by atoms with Crippen LogP contribution in [0.3, 0.4) is 0 Å². The summed E-state index contributed by atoms with van der Waals surface area (Å²) in [7, 11) is 0. The first-order valence-electron chi connectivity index (χ1n) is 10.3. The number of carbonyl (C=O) groups excluding carboxylic acids is 2. The zero-order valence-electron chi connectivity index (χ0n) is 15.9. The van der Waals surface area contributed by atoms with Crippen molar-refractivity contribution < 1.29 is 18.4 Å². The molecule has 0 radical (unpaired) electrons. The Labute approximate surface area is 163 Å². The molecule has 2 heterocycles. The van der Waals surface area contributed by atoms with Crippen molar-refractivity contribution in [2.45, 2.75) is 63.1 Å². The summed E-state index contributed by atoms with van der Waals surface area (Å²) in [5.41, 5.74) is -0.162. The molecular weight excluding hydrogens is 364 g/mol. The monoisotopic (exact) mass is 391 g/mol. The Kier molecular flexibility index (Phi) is 5.62. The minimum atomic E-state index is -0.875. The minimum absolute atomic E-state index is 0.0501. The van der Waals surface area contributed by atoms with Crippen LogP contribution in [-0.4, -0.2) is 47.9 Å². The fraction of sp³-hybridized carbons (Fsp3) is 0.619. The molecule has 3 aliphatic rings. The first-order valence-corrected chi connectivity index (χ1v) is 10.3. The molecule has 0 spiro atoms. The Morgan fingerprint density at radius 1 is 1.11 bits per heavy atom. The standard InChI is InChI=1S/C21H27F2N3O2/c22-14-7-8-16(17(23)11-14)21(28)26-18-6-2-1-4-13(18)10-19(26)20(27)25-15-5-3-9-24-12-15/h7-8,11,13,15,18-19,24H,1-6,9-10,12H2,(H,25,27). The molecule has 2 aliphatic heterocycles. The van der Waals surface area contributed by atoms with Gasteiger partial charge in [-0.05, 0) is 56.7 Å². The van der Waals surface area contributed by atoms with Gasteiger partial charge in [0.1, 0.15) is 17.7 Å². The van der Waals surface area contributed by atoms with Crippen LogP contribution in [0.25, 0.3) is 0 Å². The van der Waals surface area contributed by atoms with Gasteiger partial charge >= 0.3 is 0 Å².